The van der Waals surface area contributed by atoms with Crippen LogP contribution in [0.5, 0.6) is 0 Å². The lowest BCUT2D eigenvalue weighted by atomic mass is 10.0. The van der Waals surface area contributed by atoms with Crippen molar-refractivity contribution < 1.29 is 0 Å². The molecule has 0 amide bonds. The van der Waals surface area contributed by atoms with Gasteiger partial charge in [-0.1, -0.05) is 95.1 Å². The molecule has 47 heavy (non-hydrogen) atoms. The first-order valence-electron chi connectivity index (χ1n) is 16.0. The van der Waals surface area contributed by atoms with E-state index in [0.29, 0.717) is 17.5 Å². The number of aryl methyl sites for hydroxylation is 4. The molecule has 0 radical (unpaired) electrons. The zero-order valence-electron chi connectivity index (χ0n) is 27.0. The second kappa shape index (κ2) is 11.5. The van der Waals surface area contributed by atoms with E-state index in [1.807, 2.05) is 0 Å². The van der Waals surface area contributed by atoms with E-state index < -0.39 is 0 Å². The average Bonchev–Trinajstić information content (AvgIpc) is 3.41. The molecule has 0 unspecified atom stereocenters. The fourth-order valence-corrected chi connectivity index (χ4v) is 6.79. The van der Waals surface area contributed by atoms with Gasteiger partial charge < -0.3 is 4.57 Å². The topological polar surface area (TPSA) is 43.6 Å². The predicted octanol–water partition coefficient (Wildman–Crippen LogP) is 10.9. The molecule has 6 aromatic carbocycles. The summed E-state index contributed by atoms with van der Waals surface area (Å²) < 4.78 is 2.35. The molecule has 0 N–H and O–H groups in total. The second-order valence-electron chi connectivity index (χ2n) is 12.6. The van der Waals surface area contributed by atoms with Crippen LogP contribution in [0.3, 0.4) is 0 Å². The van der Waals surface area contributed by atoms with Crippen molar-refractivity contribution in [3.8, 4) is 51.0 Å². The summed E-state index contributed by atoms with van der Waals surface area (Å²) in [5.41, 5.74) is 13.5. The van der Waals surface area contributed by atoms with Gasteiger partial charge >= 0.3 is 0 Å². The predicted molar refractivity (Wildman–Crippen MR) is 195 cm³/mol. The Labute approximate surface area is 275 Å². The summed E-state index contributed by atoms with van der Waals surface area (Å²) in [6.07, 6.45) is 0. The van der Waals surface area contributed by atoms with Crippen LogP contribution < -0.4 is 0 Å². The third kappa shape index (κ3) is 5.38. The first-order valence-corrected chi connectivity index (χ1v) is 16.0. The van der Waals surface area contributed by atoms with Crippen LogP contribution in [-0.4, -0.2) is 19.5 Å². The van der Waals surface area contributed by atoms with E-state index in [-0.39, 0.29) is 0 Å². The number of rotatable bonds is 5. The van der Waals surface area contributed by atoms with Crippen molar-refractivity contribution in [2.75, 3.05) is 0 Å². The summed E-state index contributed by atoms with van der Waals surface area (Å²) >= 11 is 0. The number of hydrogen-bond acceptors (Lipinski definition) is 3. The van der Waals surface area contributed by atoms with E-state index in [9.17, 15) is 0 Å². The van der Waals surface area contributed by atoms with Crippen LogP contribution in [0.4, 0.5) is 0 Å². The standard InChI is InChI=1S/C43H34N4/c1-27-20-28(2)23-34(22-27)42-44-41(45-43(46-42)35-24-29(3)21-30(4)25-35)33-16-19-40-38(26-33)37-12-8-9-13-39(37)47(40)36-17-14-32(15-18-36)31-10-6-5-7-11-31/h5-26H,1-4H3. The van der Waals surface area contributed by atoms with Gasteiger partial charge in [-0.2, -0.15) is 0 Å². The molecular weight excluding hydrogens is 573 g/mol. The highest BCUT2D eigenvalue weighted by Crippen LogP contribution is 2.36. The number of nitrogens with zero attached hydrogens (tertiary/aromatic N) is 4. The van der Waals surface area contributed by atoms with Gasteiger partial charge in [-0.25, -0.2) is 15.0 Å². The van der Waals surface area contributed by atoms with Gasteiger partial charge in [0.05, 0.1) is 11.0 Å². The second-order valence-corrected chi connectivity index (χ2v) is 12.6. The van der Waals surface area contributed by atoms with Crippen LogP contribution in [-0.2, 0) is 0 Å². The molecule has 4 nitrogen and oxygen atoms in total. The Morgan fingerprint density at radius 3 is 1.43 bits per heavy atom. The number of hydrogen-bond donors (Lipinski definition) is 0. The Bertz CT molecular complexity index is 2330. The van der Waals surface area contributed by atoms with E-state index >= 15 is 0 Å². The van der Waals surface area contributed by atoms with Crippen molar-refractivity contribution in [3.05, 3.63) is 156 Å². The highest BCUT2D eigenvalue weighted by molar-refractivity contribution is 6.10. The van der Waals surface area contributed by atoms with Gasteiger partial charge in [0.25, 0.3) is 0 Å². The molecule has 4 heteroatoms. The van der Waals surface area contributed by atoms with E-state index in [0.717, 1.165) is 38.8 Å². The maximum absolute atomic E-state index is 5.09. The minimum atomic E-state index is 0.661. The zero-order chi connectivity index (χ0) is 32.1. The molecule has 8 aromatic rings. The van der Waals surface area contributed by atoms with Gasteiger partial charge in [-0.15, -0.1) is 0 Å². The van der Waals surface area contributed by atoms with Crippen molar-refractivity contribution in [2.24, 2.45) is 0 Å². The molecule has 226 valence electrons. The van der Waals surface area contributed by atoms with Crippen LogP contribution in [0.2, 0.25) is 0 Å². The Morgan fingerprint density at radius 1 is 0.362 bits per heavy atom. The summed E-state index contributed by atoms with van der Waals surface area (Å²) in [4.78, 5) is 15.2. The van der Waals surface area contributed by atoms with Crippen molar-refractivity contribution >= 4 is 21.8 Å². The number of para-hydroxylation sites is 1. The zero-order valence-corrected chi connectivity index (χ0v) is 27.0. The minimum absolute atomic E-state index is 0.661. The summed E-state index contributed by atoms with van der Waals surface area (Å²) in [5, 5.41) is 2.35. The van der Waals surface area contributed by atoms with Crippen molar-refractivity contribution in [3.63, 3.8) is 0 Å². The summed E-state index contributed by atoms with van der Waals surface area (Å²) in [5.74, 6) is 2.02. The Kier molecular flexibility index (Phi) is 6.99. The van der Waals surface area contributed by atoms with Gasteiger partial charge in [-0.05, 0) is 99.5 Å². The molecule has 0 aliphatic rings. The molecule has 2 aromatic heterocycles. The third-order valence-electron chi connectivity index (χ3n) is 8.76. The molecule has 0 fully saturated rings. The molecule has 0 bridgehead atoms. The molecule has 0 saturated carbocycles. The van der Waals surface area contributed by atoms with Crippen LogP contribution in [0, 0.1) is 27.7 Å². The Balaban J connectivity index is 1.30. The molecule has 8 rings (SSSR count). The van der Waals surface area contributed by atoms with Crippen LogP contribution in [0.15, 0.2) is 133 Å². The fraction of sp³-hybridized carbons (Fsp3) is 0.0930. The maximum Gasteiger partial charge on any atom is 0.164 e. The van der Waals surface area contributed by atoms with E-state index in [1.165, 1.54) is 38.8 Å². The summed E-state index contributed by atoms with van der Waals surface area (Å²) in [7, 11) is 0. The smallest absolute Gasteiger partial charge is 0.164 e. The lowest BCUT2D eigenvalue weighted by Gasteiger charge is -2.11. The van der Waals surface area contributed by atoms with E-state index in [1.54, 1.807) is 0 Å². The van der Waals surface area contributed by atoms with Crippen molar-refractivity contribution in [2.45, 2.75) is 27.7 Å². The van der Waals surface area contributed by atoms with Crippen molar-refractivity contribution in [1.29, 1.82) is 0 Å². The molecule has 0 saturated heterocycles. The molecule has 0 aliphatic heterocycles. The highest BCUT2D eigenvalue weighted by atomic mass is 15.0. The lowest BCUT2D eigenvalue weighted by molar-refractivity contribution is 1.07. The van der Waals surface area contributed by atoms with Gasteiger partial charge in [0.2, 0.25) is 0 Å². The molecule has 0 spiro atoms. The minimum Gasteiger partial charge on any atom is -0.309 e. The summed E-state index contributed by atoms with van der Waals surface area (Å²) in [6.45, 7) is 8.45. The molecule has 0 aliphatic carbocycles. The Hall–Kier alpha value is -5.87. The van der Waals surface area contributed by atoms with Gasteiger partial charge in [0.1, 0.15) is 0 Å². The third-order valence-corrected chi connectivity index (χ3v) is 8.76. The van der Waals surface area contributed by atoms with Crippen LogP contribution >= 0.6 is 0 Å². The largest absolute Gasteiger partial charge is 0.309 e. The molecule has 0 atom stereocenters. The number of fused-ring (bicyclic) bond motifs is 3. The van der Waals surface area contributed by atoms with Gasteiger partial charge in [0.15, 0.2) is 17.5 Å². The lowest BCUT2D eigenvalue weighted by Crippen LogP contribution is -2.01. The van der Waals surface area contributed by atoms with Crippen LogP contribution in [0.25, 0.3) is 72.8 Å². The molecular formula is C43H34N4. The normalized spacial score (nSPS) is 11.4. The molecule has 2 heterocycles. The fourth-order valence-electron chi connectivity index (χ4n) is 6.79. The average molecular weight is 607 g/mol. The van der Waals surface area contributed by atoms with Crippen LogP contribution in [0.1, 0.15) is 22.3 Å². The number of benzene rings is 6. The monoisotopic (exact) mass is 606 g/mol. The van der Waals surface area contributed by atoms with Crippen molar-refractivity contribution in [1.82, 2.24) is 19.5 Å². The van der Waals surface area contributed by atoms with Gasteiger partial charge in [-0.3, -0.25) is 0 Å². The quantitative estimate of drug-likeness (QED) is 0.196. The Morgan fingerprint density at radius 2 is 0.830 bits per heavy atom. The summed E-state index contributed by atoms with van der Waals surface area (Å²) in [6, 6.07) is 47.5. The maximum atomic E-state index is 5.09. The number of aromatic nitrogens is 4. The first-order chi connectivity index (χ1) is 22.9. The van der Waals surface area contributed by atoms with Gasteiger partial charge in [0, 0.05) is 33.2 Å². The SMILES string of the molecule is Cc1cc(C)cc(-c2nc(-c3cc(C)cc(C)c3)nc(-c3ccc4c(c3)c3ccccc3n4-c3ccc(-c4ccccc4)cc3)n2)c1. The first kappa shape index (κ1) is 28.6. The highest BCUT2D eigenvalue weighted by Gasteiger charge is 2.17. The van der Waals surface area contributed by atoms with E-state index in [4.69, 9.17) is 15.0 Å². The van der Waals surface area contributed by atoms with E-state index in [2.05, 4.69) is 166 Å².